The van der Waals surface area contributed by atoms with Crippen LogP contribution >= 0.6 is 0 Å². The Morgan fingerprint density at radius 3 is 2.36 bits per heavy atom. The molecular formula is C19H23N3. The molecule has 0 aliphatic carbocycles. The normalized spacial score (nSPS) is 12.7. The summed E-state index contributed by atoms with van der Waals surface area (Å²) in [4.78, 5) is 2.21. The van der Waals surface area contributed by atoms with E-state index in [0.29, 0.717) is 6.17 Å². The summed E-state index contributed by atoms with van der Waals surface area (Å²) in [5.74, 6) is 0. The molecule has 3 heteroatoms. The maximum atomic E-state index is 3.60. The molecule has 3 nitrogen and oxygen atoms in total. The highest BCUT2D eigenvalue weighted by molar-refractivity contribution is 5.96. The third-order valence-electron chi connectivity index (χ3n) is 4.09. The molecule has 0 bridgehead atoms. The van der Waals surface area contributed by atoms with Crippen LogP contribution in [0.1, 0.15) is 13.3 Å². The topological polar surface area (TPSA) is 20.2 Å². The van der Waals surface area contributed by atoms with Crippen LogP contribution in [-0.4, -0.2) is 29.8 Å². The van der Waals surface area contributed by atoms with Crippen molar-refractivity contribution in [2.45, 2.75) is 19.5 Å². The maximum Gasteiger partial charge on any atom is 0.0935 e. The minimum absolute atomic E-state index is 0.305. The van der Waals surface area contributed by atoms with E-state index in [4.69, 9.17) is 0 Å². The van der Waals surface area contributed by atoms with Gasteiger partial charge in [0.15, 0.2) is 0 Å². The van der Waals surface area contributed by atoms with E-state index in [1.807, 2.05) is 0 Å². The standard InChI is InChI=1S/C19H23N3/c1-4-19(21(2)3)20-22-14-17(15-10-6-5-7-11-15)16-12-8-9-13-18(16)22/h5-14,19-20H,4H2,1-3H3. The van der Waals surface area contributed by atoms with Gasteiger partial charge in [0.25, 0.3) is 0 Å². The minimum atomic E-state index is 0.305. The molecule has 0 fully saturated rings. The molecule has 1 aromatic heterocycles. The van der Waals surface area contributed by atoms with E-state index in [-0.39, 0.29) is 0 Å². The summed E-state index contributed by atoms with van der Waals surface area (Å²) in [5.41, 5.74) is 7.32. The number of para-hydroxylation sites is 1. The lowest BCUT2D eigenvalue weighted by Gasteiger charge is -2.26. The number of nitrogens with zero attached hydrogens (tertiary/aromatic N) is 2. The number of nitrogens with one attached hydrogen (secondary N) is 1. The molecule has 1 atom stereocenters. The Labute approximate surface area is 132 Å². The van der Waals surface area contributed by atoms with Crippen molar-refractivity contribution in [3.8, 4) is 11.1 Å². The van der Waals surface area contributed by atoms with Gasteiger partial charge in [-0.2, -0.15) is 0 Å². The molecule has 0 amide bonds. The number of hydrogen-bond acceptors (Lipinski definition) is 2. The Balaban J connectivity index is 2.08. The first-order chi connectivity index (χ1) is 10.7. The highest BCUT2D eigenvalue weighted by Crippen LogP contribution is 2.30. The molecule has 22 heavy (non-hydrogen) atoms. The fourth-order valence-corrected chi connectivity index (χ4v) is 2.87. The van der Waals surface area contributed by atoms with Crippen LogP contribution < -0.4 is 5.43 Å². The van der Waals surface area contributed by atoms with Gasteiger partial charge in [-0.15, -0.1) is 0 Å². The van der Waals surface area contributed by atoms with E-state index < -0.39 is 0 Å². The van der Waals surface area contributed by atoms with Crippen LogP contribution in [0, 0.1) is 0 Å². The van der Waals surface area contributed by atoms with Gasteiger partial charge in [0.05, 0.1) is 11.7 Å². The van der Waals surface area contributed by atoms with Crippen molar-refractivity contribution in [3.05, 3.63) is 60.8 Å². The van der Waals surface area contributed by atoms with Crippen LogP contribution in [0.4, 0.5) is 0 Å². The largest absolute Gasteiger partial charge is 0.308 e. The molecule has 0 saturated carbocycles. The summed E-state index contributed by atoms with van der Waals surface area (Å²) in [6.45, 7) is 2.20. The first-order valence-corrected chi connectivity index (χ1v) is 7.79. The molecule has 3 aromatic rings. The van der Waals surface area contributed by atoms with E-state index in [2.05, 4.69) is 96.8 Å². The summed E-state index contributed by atoms with van der Waals surface area (Å²) >= 11 is 0. The van der Waals surface area contributed by atoms with Gasteiger partial charge in [0.1, 0.15) is 0 Å². The molecule has 0 saturated heterocycles. The molecule has 0 aliphatic rings. The second-order valence-electron chi connectivity index (χ2n) is 5.81. The highest BCUT2D eigenvalue weighted by atomic mass is 15.5. The van der Waals surface area contributed by atoms with Crippen molar-refractivity contribution < 1.29 is 0 Å². The van der Waals surface area contributed by atoms with Crippen molar-refractivity contribution in [2.75, 3.05) is 19.5 Å². The fourth-order valence-electron chi connectivity index (χ4n) is 2.87. The Morgan fingerprint density at radius 1 is 1.00 bits per heavy atom. The molecule has 1 heterocycles. The number of rotatable bonds is 5. The lowest BCUT2D eigenvalue weighted by atomic mass is 10.1. The van der Waals surface area contributed by atoms with Gasteiger partial charge in [0.2, 0.25) is 0 Å². The zero-order valence-corrected chi connectivity index (χ0v) is 13.5. The van der Waals surface area contributed by atoms with Crippen LogP contribution in [0.5, 0.6) is 0 Å². The summed E-state index contributed by atoms with van der Waals surface area (Å²) in [7, 11) is 4.20. The van der Waals surface area contributed by atoms with Crippen molar-refractivity contribution in [2.24, 2.45) is 0 Å². The first-order valence-electron chi connectivity index (χ1n) is 7.79. The van der Waals surface area contributed by atoms with Gasteiger partial charge in [-0.3, -0.25) is 9.58 Å². The average molecular weight is 293 g/mol. The van der Waals surface area contributed by atoms with Crippen LogP contribution in [0.2, 0.25) is 0 Å². The predicted molar refractivity (Wildman–Crippen MR) is 94.5 cm³/mol. The number of aromatic nitrogens is 1. The third kappa shape index (κ3) is 2.72. The van der Waals surface area contributed by atoms with E-state index in [1.165, 1.54) is 22.0 Å². The number of fused-ring (bicyclic) bond motifs is 1. The van der Waals surface area contributed by atoms with E-state index in [0.717, 1.165) is 6.42 Å². The first kappa shape index (κ1) is 14.7. The highest BCUT2D eigenvalue weighted by Gasteiger charge is 2.13. The van der Waals surface area contributed by atoms with Crippen molar-refractivity contribution >= 4 is 10.9 Å². The van der Waals surface area contributed by atoms with Crippen LogP contribution in [0.15, 0.2) is 60.8 Å². The summed E-state index contributed by atoms with van der Waals surface area (Å²) in [6.07, 6.45) is 3.55. The lowest BCUT2D eigenvalue weighted by molar-refractivity contribution is 0.297. The number of benzene rings is 2. The Morgan fingerprint density at radius 2 is 1.68 bits per heavy atom. The van der Waals surface area contributed by atoms with Gasteiger partial charge >= 0.3 is 0 Å². The van der Waals surface area contributed by atoms with Crippen molar-refractivity contribution in [1.82, 2.24) is 9.58 Å². The van der Waals surface area contributed by atoms with E-state index in [9.17, 15) is 0 Å². The monoisotopic (exact) mass is 293 g/mol. The van der Waals surface area contributed by atoms with Gasteiger partial charge in [0, 0.05) is 17.1 Å². The van der Waals surface area contributed by atoms with Crippen molar-refractivity contribution in [1.29, 1.82) is 0 Å². The van der Waals surface area contributed by atoms with Crippen LogP contribution in [0.25, 0.3) is 22.0 Å². The number of hydrogen-bond donors (Lipinski definition) is 1. The second kappa shape index (κ2) is 6.24. The molecule has 0 aliphatic heterocycles. The zero-order valence-electron chi connectivity index (χ0n) is 13.5. The SMILES string of the molecule is CCC(Nn1cc(-c2ccccc2)c2ccccc21)N(C)C. The van der Waals surface area contributed by atoms with E-state index >= 15 is 0 Å². The molecule has 2 aromatic carbocycles. The molecule has 114 valence electrons. The van der Waals surface area contributed by atoms with Crippen molar-refractivity contribution in [3.63, 3.8) is 0 Å². The summed E-state index contributed by atoms with van der Waals surface area (Å²) in [6, 6.07) is 19.1. The molecule has 1 N–H and O–H groups in total. The zero-order chi connectivity index (χ0) is 15.5. The predicted octanol–water partition coefficient (Wildman–Crippen LogP) is 4.15. The molecule has 0 spiro atoms. The van der Waals surface area contributed by atoms with Gasteiger partial charge in [-0.05, 0) is 32.1 Å². The summed E-state index contributed by atoms with van der Waals surface area (Å²) < 4.78 is 2.16. The average Bonchev–Trinajstić information content (AvgIpc) is 2.92. The van der Waals surface area contributed by atoms with Gasteiger partial charge in [-0.25, -0.2) is 0 Å². The molecular weight excluding hydrogens is 270 g/mol. The van der Waals surface area contributed by atoms with Gasteiger partial charge in [-0.1, -0.05) is 55.5 Å². The van der Waals surface area contributed by atoms with Crippen LogP contribution in [0.3, 0.4) is 0 Å². The molecule has 1 unspecified atom stereocenters. The Bertz CT molecular complexity index is 744. The summed E-state index contributed by atoms with van der Waals surface area (Å²) in [5, 5.41) is 1.27. The lowest BCUT2D eigenvalue weighted by Crippen LogP contribution is -2.38. The maximum absolute atomic E-state index is 3.60. The van der Waals surface area contributed by atoms with E-state index in [1.54, 1.807) is 0 Å². The fraction of sp³-hybridized carbons (Fsp3) is 0.263. The quantitative estimate of drug-likeness (QED) is 0.713. The van der Waals surface area contributed by atoms with Crippen LogP contribution in [-0.2, 0) is 0 Å². The smallest absolute Gasteiger partial charge is 0.0935 e. The minimum Gasteiger partial charge on any atom is -0.308 e. The third-order valence-corrected chi connectivity index (χ3v) is 4.09. The second-order valence-corrected chi connectivity index (χ2v) is 5.81. The molecule has 3 rings (SSSR count). The molecule has 0 radical (unpaired) electrons. The van der Waals surface area contributed by atoms with Gasteiger partial charge < -0.3 is 5.43 Å². The Kier molecular flexibility index (Phi) is 4.16. The Hall–Kier alpha value is -2.26.